The van der Waals surface area contributed by atoms with E-state index in [2.05, 4.69) is 20.8 Å². The Kier molecular flexibility index (Phi) is 5.48. The molecule has 0 aliphatic heterocycles. The van der Waals surface area contributed by atoms with Crippen molar-refractivity contribution in [3.05, 3.63) is 28.8 Å². The molecule has 0 saturated heterocycles. The minimum absolute atomic E-state index is 0.150. The van der Waals surface area contributed by atoms with Crippen molar-refractivity contribution in [2.75, 3.05) is 7.11 Å². The van der Waals surface area contributed by atoms with Crippen LogP contribution in [0.15, 0.2) is 18.2 Å². The van der Waals surface area contributed by atoms with E-state index in [-0.39, 0.29) is 6.04 Å². The maximum atomic E-state index is 6.19. The molecule has 0 saturated carbocycles. The molecule has 0 fully saturated rings. The van der Waals surface area contributed by atoms with Crippen molar-refractivity contribution in [3.63, 3.8) is 0 Å². The molecule has 1 aromatic rings. The van der Waals surface area contributed by atoms with E-state index in [1.807, 2.05) is 18.2 Å². The van der Waals surface area contributed by atoms with Crippen molar-refractivity contribution in [1.82, 2.24) is 0 Å². The first-order valence-corrected chi connectivity index (χ1v) is 6.77. The van der Waals surface area contributed by atoms with Crippen molar-refractivity contribution >= 4 is 11.6 Å². The third kappa shape index (κ3) is 5.28. The first-order valence-electron chi connectivity index (χ1n) is 6.40. The van der Waals surface area contributed by atoms with Gasteiger partial charge in [-0.05, 0) is 48.4 Å². The average molecular weight is 270 g/mol. The lowest BCUT2D eigenvalue weighted by Gasteiger charge is -2.21. The highest BCUT2D eigenvalue weighted by atomic mass is 35.5. The van der Waals surface area contributed by atoms with Gasteiger partial charge in [0.2, 0.25) is 0 Å². The number of benzene rings is 1. The van der Waals surface area contributed by atoms with Crippen LogP contribution in [0.2, 0.25) is 5.02 Å². The molecule has 0 aliphatic rings. The molecular weight excluding hydrogens is 246 g/mol. The molecule has 0 bridgehead atoms. The second-order valence-electron chi connectivity index (χ2n) is 6.02. The fourth-order valence-electron chi connectivity index (χ4n) is 1.91. The highest BCUT2D eigenvalue weighted by Crippen LogP contribution is 2.26. The largest absolute Gasteiger partial charge is 0.496 e. The lowest BCUT2D eigenvalue weighted by Crippen LogP contribution is -2.25. The molecule has 3 heteroatoms. The number of rotatable bonds is 5. The Balaban J connectivity index is 2.63. The van der Waals surface area contributed by atoms with Crippen LogP contribution in [0, 0.1) is 5.41 Å². The molecule has 1 aromatic carbocycles. The Morgan fingerprint density at radius 2 is 2.00 bits per heavy atom. The Bertz CT molecular complexity index is 385. The molecule has 2 nitrogen and oxygen atoms in total. The molecule has 0 aromatic heterocycles. The molecular formula is C15H24ClNO. The zero-order valence-corrected chi connectivity index (χ0v) is 12.6. The van der Waals surface area contributed by atoms with E-state index >= 15 is 0 Å². The number of ether oxygens (including phenoxy) is 1. The molecule has 102 valence electrons. The minimum atomic E-state index is 0.150. The molecule has 0 radical (unpaired) electrons. The van der Waals surface area contributed by atoms with E-state index in [9.17, 15) is 0 Å². The van der Waals surface area contributed by atoms with E-state index in [1.54, 1.807) is 7.11 Å². The Hall–Kier alpha value is -0.730. The maximum Gasteiger partial charge on any atom is 0.122 e. The van der Waals surface area contributed by atoms with Gasteiger partial charge in [0.05, 0.1) is 7.11 Å². The van der Waals surface area contributed by atoms with Crippen molar-refractivity contribution in [2.24, 2.45) is 11.1 Å². The standard InChI is InChI=1S/C15H24ClNO/c1-15(2,3)8-7-13(17)10-11-9-12(16)5-6-14(11)18-4/h5-6,9,13H,7-8,10,17H2,1-4H3. The van der Waals surface area contributed by atoms with Gasteiger partial charge in [-0.25, -0.2) is 0 Å². The monoisotopic (exact) mass is 269 g/mol. The van der Waals surface area contributed by atoms with Gasteiger partial charge in [0.25, 0.3) is 0 Å². The number of hydrogen-bond donors (Lipinski definition) is 1. The smallest absolute Gasteiger partial charge is 0.122 e. The van der Waals surface area contributed by atoms with Crippen LogP contribution in [0.3, 0.4) is 0 Å². The van der Waals surface area contributed by atoms with Gasteiger partial charge in [-0.1, -0.05) is 32.4 Å². The normalized spacial score (nSPS) is 13.4. The summed E-state index contributed by atoms with van der Waals surface area (Å²) in [5, 5.41) is 0.730. The van der Waals surface area contributed by atoms with Crippen molar-refractivity contribution in [2.45, 2.75) is 46.1 Å². The van der Waals surface area contributed by atoms with Gasteiger partial charge in [-0.3, -0.25) is 0 Å². The lowest BCUT2D eigenvalue weighted by molar-refractivity contribution is 0.345. The zero-order chi connectivity index (χ0) is 13.8. The fraction of sp³-hybridized carbons (Fsp3) is 0.600. The Morgan fingerprint density at radius 3 is 2.56 bits per heavy atom. The average Bonchev–Trinajstić information content (AvgIpc) is 2.26. The van der Waals surface area contributed by atoms with E-state index < -0.39 is 0 Å². The molecule has 0 heterocycles. The highest BCUT2D eigenvalue weighted by Gasteiger charge is 2.14. The third-order valence-electron chi connectivity index (χ3n) is 2.99. The maximum absolute atomic E-state index is 6.19. The van der Waals surface area contributed by atoms with Gasteiger partial charge in [0.15, 0.2) is 0 Å². The van der Waals surface area contributed by atoms with Gasteiger partial charge in [-0.15, -0.1) is 0 Å². The molecule has 1 unspecified atom stereocenters. The number of methoxy groups -OCH3 is 1. The summed E-state index contributed by atoms with van der Waals surface area (Å²) in [6.07, 6.45) is 2.94. The predicted octanol–water partition coefficient (Wildman–Crippen LogP) is 4.04. The van der Waals surface area contributed by atoms with Crippen LogP contribution in [0.25, 0.3) is 0 Å². The van der Waals surface area contributed by atoms with Gasteiger partial charge in [0, 0.05) is 11.1 Å². The molecule has 1 rings (SSSR count). The number of halogens is 1. The van der Waals surface area contributed by atoms with E-state index in [0.29, 0.717) is 5.41 Å². The van der Waals surface area contributed by atoms with Crippen LogP contribution in [0.5, 0.6) is 5.75 Å². The van der Waals surface area contributed by atoms with Crippen molar-refractivity contribution in [3.8, 4) is 5.75 Å². The van der Waals surface area contributed by atoms with Crippen LogP contribution in [0.4, 0.5) is 0 Å². The third-order valence-corrected chi connectivity index (χ3v) is 3.22. The summed E-state index contributed by atoms with van der Waals surface area (Å²) in [6, 6.07) is 5.83. The number of hydrogen-bond acceptors (Lipinski definition) is 2. The van der Waals surface area contributed by atoms with Crippen LogP contribution >= 0.6 is 11.6 Å². The predicted molar refractivity (Wildman–Crippen MR) is 78.4 cm³/mol. The molecule has 0 aliphatic carbocycles. The summed E-state index contributed by atoms with van der Waals surface area (Å²) in [5.74, 6) is 0.866. The van der Waals surface area contributed by atoms with Crippen LogP contribution < -0.4 is 10.5 Å². The van der Waals surface area contributed by atoms with Gasteiger partial charge >= 0.3 is 0 Å². The summed E-state index contributed by atoms with van der Waals surface area (Å²) in [4.78, 5) is 0. The highest BCUT2D eigenvalue weighted by molar-refractivity contribution is 6.30. The fourth-order valence-corrected chi connectivity index (χ4v) is 2.10. The van der Waals surface area contributed by atoms with Gasteiger partial charge in [0.1, 0.15) is 5.75 Å². The van der Waals surface area contributed by atoms with Crippen LogP contribution in [0.1, 0.15) is 39.2 Å². The first kappa shape index (κ1) is 15.3. The van der Waals surface area contributed by atoms with Crippen LogP contribution in [-0.4, -0.2) is 13.2 Å². The van der Waals surface area contributed by atoms with E-state index in [1.165, 1.54) is 0 Å². The lowest BCUT2D eigenvalue weighted by atomic mass is 9.87. The SMILES string of the molecule is COc1ccc(Cl)cc1CC(N)CCC(C)(C)C. The first-order chi connectivity index (χ1) is 8.31. The summed E-state index contributed by atoms with van der Waals surface area (Å²) in [5.41, 5.74) is 7.61. The van der Waals surface area contributed by atoms with Crippen LogP contribution in [-0.2, 0) is 6.42 Å². The summed E-state index contributed by atoms with van der Waals surface area (Å²) < 4.78 is 5.33. The molecule has 18 heavy (non-hydrogen) atoms. The summed E-state index contributed by atoms with van der Waals surface area (Å²) in [7, 11) is 1.67. The number of nitrogens with two attached hydrogens (primary N) is 1. The Morgan fingerprint density at radius 1 is 1.33 bits per heavy atom. The van der Waals surface area contributed by atoms with Gasteiger partial charge < -0.3 is 10.5 Å². The van der Waals surface area contributed by atoms with E-state index in [0.717, 1.165) is 35.6 Å². The minimum Gasteiger partial charge on any atom is -0.496 e. The summed E-state index contributed by atoms with van der Waals surface area (Å²) in [6.45, 7) is 6.71. The summed E-state index contributed by atoms with van der Waals surface area (Å²) >= 11 is 6.01. The van der Waals surface area contributed by atoms with Gasteiger partial charge in [-0.2, -0.15) is 0 Å². The second-order valence-corrected chi connectivity index (χ2v) is 6.46. The second kappa shape index (κ2) is 6.44. The van der Waals surface area contributed by atoms with E-state index in [4.69, 9.17) is 22.1 Å². The molecule has 2 N–H and O–H groups in total. The quantitative estimate of drug-likeness (QED) is 0.875. The topological polar surface area (TPSA) is 35.2 Å². The Labute approximate surface area is 115 Å². The van der Waals surface area contributed by atoms with Crippen molar-refractivity contribution < 1.29 is 4.74 Å². The van der Waals surface area contributed by atoms with Crippen molar-refractivity contribution in [1.29, 1.82) is 0 Å². The molecule has 0 amide bonds. The molecule has 1 atom stereocenters. The zero-order valence-electron chi connectivity index (χ0n) is 11.8. The molecule has 0 spiro atoms.